The van der Waals surface area contributed by atoms with E-state index in [1.165, 1.54) is 11.1 Å². The number of nitrogens with one attached hydrogen (secondary N) is 1. The molecule has 0 saturated heterocycles. The van der Waals surface area contributed by atoms with Crippen LogP contribution in [0.3, 0.4) is 0 Å². The summed E-state index contributed by atoms with van der Waals surface area (Å²) in [5.74, 6) is 1.01. The lowest BCUT2D eigenvalue weighted by Crippen LogP contribution is -2.27. The molecule has 2 rings (SSSR count). The van der Waals surface area contributed by atoms with E-state index in [4.69, 9.17) is 0 Å². The average Bonchev–Trinajstić information content (AvgIpc) is 2.90. The van der Waals surface area contributed by atoms with Crippen LogP contribution < -0.4 is 5.32 Å². The SMILES string of the molecule is CCn1cnnc1CNC(C)CCc1cccc(C)c1. The summed E-state index contributed by atoms with van der Waals surface area (Å²) in [5.41, 5.74) is 2.74. The normalized spacial score (nSPS) is 12.6. The Labute approximate surface area is 121 Å². The molecule has 1 atom stereocenters. The number of nitrogens with zero attached hydrogens (tertiary/aromatic N) is 3. The number of hydrogen-bond donors (Lipinski definition) is 1. The third-order valence-corrected chi connectivity index (χ3v) is 3.59. The van der Waals surface area contributed by atoms with Crippen molar-refractivity contribution in [3.8, 4) is 0 Å². The average molecular weight is 272 g/mol. The lowest BCUT2D eigenvalue weighted by molar-refractivity contribution is 0.494. The maximum absolute atomic E-state index is 4.14. The highest BCUT2D eigenvalue weighted by atomic mass is 15.3. The predicted octanol–water partition coefficient (Wildman–Crippen LogP) is 2.72. The number of aromatic nitrogens is 3. The number of hydrogen-bond acceptors (Lipinski definition) is 3. The molecule has 0 spiro atoms. The van der Waals surface area contributed by atoms with Gasteiger partial charge in [-0.3, -0.25) is 0 Å². The van der Waals surface area contributed by atoms with Gasteiger partial charge in [-0.1, -0.05) is 29.8 Å². The summed E-state index contributed by atoms with van der Waals surface area (Å²) in [4.78, 5) is 0. The van der Waals surface area contributed by atoms with Crippen LogP contribution in [0.25, 0.3) is 0 Å². The van der Waals surface area contributed by atoms with Gasteiger partial charge in [-0.2, -0.15) is 0 Å². The molecule has 108 valence electrons. The van der Waals surface area contributed by atoms with Gasteiger partial charge in [0.25, 0.3) is 0 Å². The zero-order chi connectivity index (χ0) is 14.4. The molecule has 1 heterocycles. The molecule has 4 heteroatoms. The number of benzene rings is 1. The monoisotopic (exact) mass is 272 g/mol. The van der Waals surface area contributed by atoms with Crippen LogP contribution in [0.2, 0.25) is 0 Å². The van der Waals surface area contributed by atoms with E-state index in [0.717, 1.165) is 31.8 Å². The molecule has 0 fully saturated rings. The lowest BCUT2D eigenvalue weighted by Gasteiger charge is -2.14. The van der Waals surface area contributed by atoms with Gasteiger partial charge in [0.2, 0.25) is 0 Å². The minimum atomic E-state index is 0.470. The largest absolute Gasteiger partial charge is 0.317 e. The minimum Gasteiger partial charge on any atom is -0.317 e. The number of aryl methyl sites for hydroxylation is 3. The number of rotatable bonds is 7. The molecule has 1 aromatic carbocycles. The van der Waals surface area contributed by atoms with Gasteiger partial charge in [0.1, 0.15) is 12.2 Å². The van der Waals surface area contributed by atoms with Crippen molar-refractivity contribution in [3.05, 3.63) is 47.5 Å². The van der Waals surface area contributed by atoms with Gasteiger partial charge in [0, 0.05) is 12.6 Å². The van der Waals surface area contributed by atoms with E-state index >= 15 is 0 Å². The molecule has 0 saturated carbocycles. The molecule has 0 bridgehead atoms. The van der Waals surface area contributed by atoms with Gasteiger partial charge in [-0.15, -0.1) is 10.2 Å². The highest BCUT2D eigenvalue weighted by molar-refractivity contribution is 5.22. The fraction of sp³-hybridized carbons (Fsp3) is 0.500. The Bertz CT molecular complexity index is 533. The third-order valence-electron chi connectivity index (χ3n) is 3.59. The van der Waals surface area contributed by atoms with Crippen molar-refractivity contribution in [1.29, 1.82) is 0 Å². The van der Waals surface area contributed by atoms with Gasteiger partial charge in [0.15, 0.2) is 0 Å². The Kier molecular flexibility index (Phi) is 5.30. The summed E-state index contributed by atoms with van der Waals surface area (Å²) in [6.45, 7) is 8.17. The summed E-state index contributed by atoms with van der Waals surface area (Å²) >= 11 is 0. The van der Waals surface area contributed by atoms with Crippen molar-refractivity contribution in [2.45, 2.75) is 52.7 Å². The van der Waals surface area contributed by atoms with Crippen molar-refractivity contribution in [3.63, 3.8) is 0 Å². The van der Waals surface area contributed by atoms with Crippen LogP contribution in [-0.4, -0.2) is 20.8 Å². The van der Waals surface area contributed by atoms with Gasteiger partial charge in [-0.05, 0) is 39.2 Å². The van der Waals surface area contributed by atoms with E-state index in [9.17, 15) is 0 Å². The van der Waals surface area contributed by atoms with Crippen LogP contribution >= 0.6 is 0 Å². The maximum atomic E-state index is 4.14. The van der Waals surface area contributed by atoms with E-state index < -0.39 is 0 Å². The fourth-order valence-electron chi connectivity index (χ4n) is 2.30. The summed E-state index contributed by atoms with van der Waals surface area (Å²) in [6, 6.07) is 9.21. The Morgan fingerprint density at radius 3 is 2.95 bits per heavy atom. The molecule has 1 aromatic heterocycles. The molecule has 1 N–H and O–H groups in total. The molecular weight excluding hydrogens is 248 g/mol. The van der Waals surface area contributed by atoms with Crippen LogP contribution in [0.4, 0.5) is 0 Å². The van der Waals surface area contributed by atoms with Gasteiger partial charge >= 0.3 is 0 Å². The molecule has 0 aliphatic rings. The van der Waals surface area contributed by atoms with Crippen LogP contribution in [0.15, 0.2) is 30.6 Å². The second kappa shape index (κ2) is 7.20. The van der Waals surface area contributed by atoms with Crippen molar-refractivity contribution < 1.29 is 0 Å². The van der Waals surface area contributed by atoms with E-state index in [-0.39, 0.29) is 0 Å². The minimum absolute atomic E-state index is 0.470. The van der Waals surface area contributed by atoms with Crippen LogP contribution in [0.5, 0.6) is 0 Å². The quantitative estimate of drug-likeness (QED) is 0.842. The molecule has 4 nitrogen and oxygen atoms in total. The van der Waals surface area contributed by atoms with E-state index in [2.05, 4.69) is 65.1 Å². The van der Waals surface area contributed by atoms with Crippen molar-refractivity contribution in [2.75, 3.05) is 0 Å². The molecular formula is C16H24N4. The third kappa shape index (κ3) is 4.17. The predicted molar refractivity (Wildman–Crippen MR) is 81.5 cm³/mol. The van der Waals surface area contributed by atoms with Gasteiger partial charge < -0.3 is 9.88 Å². The van der Waals surface area contributed by atoms with E-state index in [0.29, 0.717) is 6.04 Å². The zero-order valence-electron chi connectivity index (χ0n) is 12.6. The Balaban J connectivity index is 1.77. The van der Waals surface area contributed by atoms with E-state index in [1.807, 2.05) is 0 Å². The summed E-state index contributed by atoms with van der Waals surface area (Å²) < 4.78 is 2.07. The Hall–Kier alpha value is -1.68. The second-order valence-corrected chi connectivity index (χ2v) is 5.34. The smallest absolute Gasteiger partial charge is 0.146 e. The second-order valence-electron chi connectivity index (χ2n) is 5.34. The summed E-state index contributed by atoms with van der Waals surface area (Å²) in [7, 11) is 0. The summed E-state index contributed by atoms with van der Waals surface area (Å²) in [6.07, 6.45) is 4.02. The van der Waals surface area contributed by atoms with Crippen molar-refractivity contribution in [1.82, 2.24) is 20.1 Å². The van der Waals surface area contributed by atoms with Crippen LogP contribution in [0.1, 0.15) is 37.2 Å². The topological polar surface area (TPSA) is 42.7 Å². The summed E-state index contributed by atoms with van der Waals surface area (Å²) in [5, 5.41) is 11.6. The first-order valence-corrected chi connectivity index (χ1v) is 7.34. The fourth-order valence-corrected chi connectivity index (χ4v) is 2.30. The van der Waals surface area contributed by atoms with Crippen LogP contribution in [-0.2, 0) is 19.5 Å². The lowest BCUT2D eigenvalue weighted by atomic mass is 10.0. The highest BCUT2D eigenvalue weighted by Crippen LogP contribution is 2.08. The maximum Gasteiger partial charge on any atom is 0.146 e. The first-order chi connectivity index (χ1) is 9.69. The molecule has 20 heavy (non-hydrogen) atoms. The first-order valence-electron chi connectivity index (χ1n) is 7.34. The molecule has 0 aliphatic carbocycles. The van der Waals surface area contributed by atoms with Crippen LogP contribution in [0, 0.1) is 6.92 Å². The molecule has 1 unspecified atom stereocenters. The van der Waals surface area contributed by atoms with Gasteiger partial charge in [-0.25, -0.2) is 0 Å². The first kappa shape index (κ1) is 14.7. The highest BCUT2D eigenvalue weighted by Gasteiger charge is 2.06. The molecule has 2 aromatic rings. The zero-order valence-corrected chi connectivity index (χ0v) is 12.6. The van der Waals surface area contributed by atoms with Gasteiger partial charge in [0.05, 0.1) is 6.54 Å². The Morgan fingerprint density at radius 2 is 2.20 bits per heavy atom. The van der Waals surface area contributed by atoms with E-state index in [1.54, 1.807) is 6.33 Å². The molecule has 0 amide bonds. The molecule has 0 aliphatic heterocycles. The Morgan fingerprint density at radius 1 is 1.35 bits per heavy atom. The van der Waals surface area contributed by atoms with Crippen molar-refractivity contribution in [2.24, 2.45) is 0 Å². The van der Waals surface area contributed by atoms with Crippen molar-refractivity contribution >= 4 is 0 Å². The standard InChI is InChI=1S/C16H24N4/c1-4-20-12-18-19-16(20)11-17-14(3)8-9-15-7-5-6-13(2)10-15/h5-7,10,12,14,17H,4,8-9,11H2,1-3H3. The molecule has 0 radical (unpaired) electrons.